The van der Waals surface area contributed by atoms with Crippen molar-refractivity contribution in [2.45, 2.75) is 64.2 Å². The third kappa shape index (κ3) is 6.51. The summed E-state index contributed by atoms with van der Waals surface area (Å²) in [5, 5.41) is 29.9. The molecular weight excluding hydrogens is 695 g/mol. The van der Waals surface area contributed by atoms with Crippen LogP contribution in [0.15, 0.2) is 150 Å². The van der Waals surface area contributed by atoms with E-state index in [1.54, 1.807) is 0 Å². The van der Waals surface area contributed by atoms with Gasteiger partial charge in [0.1, 0.15) is 6.42 Å². The van der Waals surface area contributed by atoms with Crippen LogP contribution in [0.5, 0.6) is 0 Å². The van der Waals surface area contributed by atoms with Crippen LogP contribution in [0.3, 0.4) is 0 Å². The van der Waals surface area contributed by atoms with Gasteiger partial charge in [-0.05, 0) is 95.3 Å². The Balaban J connectivity index is 1.23. The van der Waals surface area contributed by atoms with Gasteiger partial charge in [-0.1, -0.05) is 98.8 Å². The minimum Gasteiger partial charge on any atom is -0.550 e. The summed E-state index contributed by atoms with van der Waals surface area (Å²) in [5.41, 5.74) is 10.2. The van der Waals surface area contributed by atoms with Crippen molar-refractivity contribution in [2.24, 2.45) is 0 Å². The minimum absolute atomic E-state index is 0.0285. The van der Waals surface area contributed by atoms with Gasteiger partial charge in [-0.2, -0.15) is 4.58 Å². The van der Waals surface area contributed by atoms with Crippen molar-refractivity contribution in [1.82, 2.24) is 0 Å². The number of aliphatic carboxylic acids is 2. The molecule has 0 saturated carbocycles. The van der Waals surface area contributed by atoms with Crippen molar-refractivity contribution in [3.05, 3.63) is 161 Å². The van der Waals surface area contributed by atoms with E-state index in [0.717, 1.165) is 63.5 Å². The summed E-state index contributed by atoms with van der Waals surface area (Å²) in [7, 11) is 0. The molecule has 2 aliphatic heterocycles. The van der Waals surface area contributed by atoms with E-state index in [2.05, 4.69) is 146 Å². The molecule has 0 atom stereocenters. The number of nitrogens with zero attached hydrogens (tertiary/aromatic N) is 2. The Bertz CT molecular complexity index is 2570. The molecule has 0 spiro atoms. The molecule has 0 radical (unpaired) electrons. The van der Waals surface area contributed by atoms with Gasteiger partial charge in [-0.15, -0.1) is 0 Å². The van der Waals surface area contributed by atoms with Crippen LogP contribution < -0.4 is 15.3 Å². The monoisotopic (exact) mass is 741 g/mol. The number of nitrogens with one attached hydrogen (secondary N) is 1. The predicted octanol–water partition coefficient (Wildman–Crippen LogP) is 9.31. The number of allylic oxidation sites excluding steroid dienone is 7. The van der Waals surface area contributed by atoms with Crippen LogP contribution in [0, 0.1) is 0 Å². The number of para-hydroxylation sites is 1. The van der Waals surface area contributed by atoms with Gasteiger partial charge in [-0.25, -0.2) is 0 Å². The highest BCUT2D eigenvalue weighted by molar-refractivity contribution is 6.08. The van der Waals surface area contributed by atoms with E-state index in [4.69, 9.17) is 0 Å². The summed E-state index contributed by atoms with van der Waals surface area (Å²) < 4.78 is 2.19. The summed E-state index contributed by atoms with van der Waals surface area (Å²) in [4.78, 5) is 25.8. The maximum Gasteiger partial charge on any atom is 0.309 e. The highest BCUT2D eigenvalue weighted by Gasteiger charge is 2.46. The van der Waals surface area contributed by atoms with E-state index in [9.17, 15) is 19.8 Å². The zero-order chi connectivity index (χ0) is 39.2. The molecule has 0 saturated heterocycles. The summed E-state index contributed by atoms with van der Waals surface area (Å²) in [5.74, 6) is -1.89. The van der Waals surface area contributed by atoms with Crippen molar-refractivity contribution < 1.29 is 24.4 Å². The van der Waals surface area contributed by atoms with Gasteiger partial charge in [0.15, 0.2) is 12.3 Å². The second-order valence-corrected chi connectivity index (χ2v) is 16.0. The van der Waals surface area contributed by atoms with Gasteiger partial charge in [0.2, 0.25) is 5.69 Å². The van der Waals surface area contributed by atoms with E-state index < -0.39 is 11.9 Å². The molecule has 5 aromatic carbocycles. The summed E-state index contributed by atoms with van der Waals surface area (Å²) in [6.45, 7) is 9.61. The zero-order valence-electron chi connectivity index (χ0n) is 32.4. The van der Waals surface area contributed by atoms with Gasteiger partial charge in [-0.3, -0.25) is 4.79 Å². The maximum absolute atomic E-state index is 11.9. The predicted molar refractivity (Wildman–Crippen MR) is 225 cm³/mol. The minimum atomic E-state index is -1.07. The summed E-state index contributed by atoms with van der Waals surface area (Å²) in [6, 6.07) is 35.5. The first-order valence-electron chi connectivity index (χ1n) is 19.5. The summed E-state index contributed by atoms with van der Waals surface area (Å²) >= 11 is 0. The van der Waals surface area contributed by atoms with Crippen molar-refractivity contribution >= 4 is 56.3 Å². The van der Waals surface area contributed by atoms with Crippen LogP contribution in [-0.4, -0.2) is 40.4 Å². The number of carbonyl (C=O) groups is 2. The quantitative estimate of drug-likeness (QED) is 0.131. The third-order valence-corrected chi connectivity index (χ3v) is 11.8. The Hall–Kier alpha value is -6.21. The average molecular weight is 742 g/mol. The van der Waals surface area contributed by atoms with Crippen molar-refractivity contribution in [3.8, 4) is 0 Å². The lowest BCUT2D eigenvalue weighted by Gasteiger charge is -2.27. The number of benzene rings is 5. The van der Waals surface area contributed by atoms with Gasteiger partial charge in [0.05, 0.1) is 5.41 Å². The van der Waals surface area contributed by atoms with Crippen LogP contribution >= 0.6 is 0 Å². The topological polar surface area (TPSA) is 95.7 Å². The largest absolute Gasteiger partial charge is 0.550 e. The molecule has 7 heteroatoms. The fourth-order valence-corrected chi connectivity index (χ4v) is 9.21. The van der Waals surface area contributed by atoms with Crippen molar-refractivity contribution in [3.63, 3.8) is 0 Å². The Labute approximate surface area is 328 Å². The first-order valence-corrected chi connectivity index (χ1v) is 19.5. The van der Waals surface area contributed by atoms with E-state index in [0.29, 0.717) is 13.1 Å². The lowest BCUT2D eigenvalue weighted by Crippen LogP contribution is -2.31. The van der Waals surface area contributed by atoms with Gasteiger partial charge >= 0.3 is 5.97 Å². The molecule has 5 aromatic rings. The molecule has 2 N–H and O–H groups in total. The second-order valence-electron chi connectivity index (χ2n) is 16.0. The molecule has 0 unspecified atom stereocenters. The number of carboxylic acids is 2. The number of fused-ring (bicyclic) bond motifs is 6. The Morgan fingerprint density at radius 2 is 1.43 bits per heavy atom. The molecule has 8 rings (SSSR count). The number of carboxylic acid groups (broad SMARTS) is 2. The molecule has 282 valence electrons. The van der Waals surface area contributed by atoms with Crippen molar-refractivity contribution in [2.75, 3.05) is 23.3 Å². The zero-order valence-corrected chi connectivity index (χ0v) is 32.4. The normalized spacial score (nSPS) is 18.5. The number of hydrogen-bond acceptors (Lipinski definition) is 5. The maximum atomic E-state index is 11.9. The van der Waals surface area contributed by atoms with Gasteiger partial charge in [0, 0.05) is 64.8 Å². The number of hydrogen-bond donors (Lipinski definition) is 2. The first kappa shape index (κ1) is 36.8. The van der Waals surface area contributed by atoms with E-state index >= 15 is 0 Å². The smallest absolute Gasteiger partial charge is 0.309 e. The molecule has 3 aliphatic rings. The van der Waals surface area contributed by atoms with Crippen LogP contribution in [0.1, 0.15) is 64.5 Å². The fraction of sp³-hybridized carbons (Fsp3) is 0.245. The molecule has 56 heavy (non-hydrogen) atoms. The molecule has 0 fully saturated rings. The molecular formula is C49H47N3O4. The van der Waals surface area contributed by atoms with Crippen LogP contribution in [-0.2, 0) is 20.4 Å². The molecule has 1 aliphatic carbocycles. The SMILES string of the molecule is CC1(C)C(/C=C/C2=C(Nc3ccccc3)C(=C/C=C3/N(CCC(=O)[O-])c4ccc5ccccc5c4C3(C)C)/CC2)=[N+](CCC(=O)O)c2ccc3ccccc3c21. The number of carbonyl (C=O) groups excluding carboxylic acids is 1. The summed E-state index contributed by atoms with van der Waals surface area (Å²) in [6.07, 6.45) is 10.4. The Kier molecular flexibility index (Phi) is 9.49. The van der Waals surface area contributed by atoms with Gasteiger partial charge < -0.3 is 25.2 Å². The van der Waals surface area contributed by atoms with Crippen LogP contribution in [0.4, 0.5) is 17.1 Å². The molecule has 7 nitrogen and oxygen atoms in total. The molecule has 0 aromatic heterocycles. The average Bonchev–Trinajstić information content (AvgIpc) is 3.74. The second kappa shape index (κ2) is 14.5. The Morgan fingerprint density at radius 3 is 2.12 bits per heavy atom. The van der Waals surface area contributed by atoms with E-state index in [1.807, 2.05) is 24.3 Å². The van der Waals surface area contributed by atoms with Crippen LogP contribution in [0.25, 0.3) is 21.5 Å². The third-order valence-electron chi connectivity index (χ3n) is 11.8. The standard InChI is InChI=1S/C49H47N3O4/c1-48(2)41(51(30-28-43(53)54)39-24-20-32-12-8-10-16-37(32)45(39)48)26-22-34-18-19-35(47(34)50-36-14-6-5-7-15-36)23-27-42-49(3,4)46-38-17-11-9-13-33(38)21-25-40(46)52(42)31-29-44(55)56/h5-17,20-27H,18-19,28-31H2,1-4H3,(H2,53,54,55,56)/b34-22+,41-26+. The highest BCUT2D eigenvalue weighted by atomic mass is 16.4. The molecule has 2 heterocycles. The number of anilines is 2. The van der Waals surface area contributed by atoms with Gasteiger partial charge in [0.25, 0.3) is 0 Å². The molecule has 0 amide bonds. The molecule has 0 bridgehead atoms. The number of rotatable bonds is 11. The fourth-order valence-electron chi connectivity index (χ4n) is 9.21. The lowest BCUT2D eigenvalue weighted by atomic mass is 9.79. The van der Waals surface area contributed by atoms with Crippen molar-refractivity contribution in [1.29, 1.82) is 0 Å². The first-order chi connectivity index (χ1) is 26.9. The Morgan fingerprint density at radius 1 is 0.768 bits per heavy atom. The lowest BCUT2D eigenvalue weighted by molar-refractivity contribution is -0.436. The van der Waals surface area contributed by atoms with Crippen LogP contribution in [0.2, 0.25) is 0 Å². The van der Waals surface area contributed by atoms with E-state index in [-0.39, 0.29) is 23.7 Å². The highest BCUT2D eigenvalue weighted by Crippen LogP contribution is 2.51. The van der Waals surface area contributed by atoms with E-state index in [1.165, 1.54) is 27.3 Å².